The normalized spacial score (nSPS) is 17.8. The molecule has 4 unspecified atom stereocenters. The second-order valence-electron chi connectivity index (χ2n) is 3.89. The summed E-state index contributed by atoms with van der Waals surface area (Å²) in [6.45, 7) is -0.380. The van der Waals surface area contributed by atoms with Crippen LogP contribution in [-0.2, 0) is 31.1 Å². The Morgan fingerprint density at radius 2 is 1.67 bits per heavy atom. The van der Waals surface area contributed by atoms with Crippen LogP contribution in [0.4, 0.5) is 0 Å². The summed E-state index contributed by atoms with van der Waals surface area (Å²) in [4.78, 5) is 11.4. The number of carbonyl (C=O) groups excluding carboxylic acids is 1. The summed E-state index contributed by atoms with van der Waals surface area (Å²) in [6.07, 6.45) is 1.22. The van der Waals surface area contributed by atoms with Crippen LogP contribution in [0.2, 0.25) is 0 Å². The van der Waals surface area contributed by atoms with E-state index in [1.54, 1.807) is 0 Å². The maximum atomic E-state index is 11.4. The monoisotopic (exact) mass is 300 g/mol. The lowest BCUT2D eigenvalue weighted by Gasteiger charge is -2.17. The van der Waals surface area contributed by atoms with Gasteiger partial charge in [-0.3, -0.25) is 8.42 Å². The highest BCUT2D eigenvalue weighted by Crippen LogP contribution is 2.04. The third-order valence-corrected chi connectivity index (χ3v) is 3.79. The van der Waals surface area contributed by atoms with Crippen molar-refractivity contribution in [2.45, 2.75) is 25.0 Å². The van der Waals surface area contributed by atoms with Gasteiger partial charge in [0, 0.05) is 45.6 Å². The molecule has 0 fully saturated rings. The fourth-order valence-corrected chi connectivity index (χ4v) is 2.27. The van der Waals surface area contributed by atoms with Crippen LogP contribution in [0.15, 0.2) is 0 Å². The number of carbonyl (C=O) groups is 1. The highest BCUT2D eigenvalue weighted by molar-refractivity contribution is 7.84. The van der Waals surface area contributed by atoms with Gasteiger partial charge < -0.3 is 14.9 Å². The Morgan fingerprint density at radius 3 is 2.11 bits per heavy atom. The standard InChI is InChI=1S/C10H20O6S2/c1-17(14)5-3-8(7-11)16-10(13)9(12)4-6-18(2)15/h8-9,11-12H,3-7H2,1-2H3. The Kier molecular flexibility index (Phi) is 9.43. The number of aliphatic hydroxyl groups is 2. The van der Waals surface area contributed by atoms with Gasteiger partial charge in [-0.05, 0) is 12.8 Å². The molecule has 0 radical (unpaired) electrons. The van der Waals surface area contributed by atoms with Crippen LogP contribution in [0, 0.1) is 0 Å². The predicted molar refractivity (Wildman–Crippen MR) is 70.1 cm³/mol. The number of aliphatic hydroxyl groups excluding tert-OH is 2. The molecule has 0 aliphatic heterocycles. The van der Waals surface area contributed by atoms with E-state index in [1.807, 2.05) is 0 Å². The predicted octanol–water partition coefficient (Wildman–Crippen LogP) is -1.21. The van der Waals surface area contributed by atoms with Crippen LogP contribution in [0.25, 0.3) is 0 Å². The van der Waals surface area contributed by atoms with E-state index in [4.69, 9.17) is 9.84 Å². The Balaban J connectivity index is 4.08. The topological polar surface area (TPSA) is 101 Å². The first-order valence-electron chi connectivity index (χ1n) is 5.46. The van der Waals surface area contributed by atoms with Crippen molar-refractivity contribution in [2.24, 2.45) is 0 Å². The van der Waals surface area contributed by atoms with E-state index in [0.29, 0.717) is 5.75 Å². The number of hydrogen-bond acceptors (Lipinski definition) is 6. The summed E-state index contributed by atoms with van der Waals surface area (Å²) in [5.41, 5.74) is 0. The van der Waals surface area contributed by atoms with Gasteiger partial charge >= 0.3 is 5.97 Å². The van der Waals surface area contributed by atoms with Gasteiger partial charge in [0.15, 0.2) is 6.10 Å². The van der Waals surface area contributed by atoms with E-state index in [-0.39, 0.29) is 25.2 Å². The van der Waals surface area contributed by atoms with Crippen molar-refractivity contribution in [2.75, 3.05) is 30.6 Å². The largest absolute Gasteiger partial charge is 0.458 e. The fraction of sp³-hybridized carbons (Fsp3) is 0.900. The molecule has 0 saturated heterocycles. The first-order chi connectivity index (χ1) is 8.36. The highest BCUT2D eigenvalue weighted by Gasteiger charge is 2.21. The summed E-state index contributed by atoms with van der Waals surface area (Å²) in [5.74, 6) is -0.325. The van der Waals surface area contributed by atoms with Gasteiger partial charge in [-0.2, -0.15) is 0 Å². The van der Waals surface area contributed by atoms with Gasteiger partial charge in [-0.1, -0.05) is 0 Å². The van der Waals surface area contributed by atoms with E-state index < -0.39 is 39.8 Å². The molecule has 6 nitrogen and oxygen atoms in total. The number of esters is 1. The van der Waals surface area contributed by atoms with Gasteiger partial charge in [0.25, 0.3) is 0 Å². The van der Waals surface area contributed by atoms with Crippen molar-refractivity contribution in [1.82, 2.24) is 0 Å². The summed E-state index contributed by atoms with van der Waals surface area (Å²) in [6, 6.07) is 0. The van der Waals surface area contributed by atoms with Crippen LogP contribution in [0.5, 0.6) is 0 Å². The molecule has 0 saturated carbocycles. The maximum absolute atomic E-state index is 11.4. The molecule has 0 rings (SSSR count). The van der Waals surface area contributed by atoms with E-state index >= 15 is 0 Å². The van der Waals surface area contributed by atoms with Crippen LogP contribution in [0.3, 0.4) is 0 Å². The van der Waals surface area contributed by atoms with E-state index in [0.717, 1.165) is 0 Å². The van der Waals surface area contributed by atoms with Crippen molar-refractivity contribution in [3.8, 4) is 0 Å². The quantitative estimate of drug-likeness (QED) is 0.518. The minimum atomic E-state index is -1.34. The number of ether oxygens (including phenoxy) is 1. The second-order valence-corrected chi connectivity index (χ2v) is 7.00. The highest BCUT2D eigenvalue weighted by atomic mass is 32.2. The average Bonchev–Trinajstić information content (AvgIpc) is 2.30. The molecule has 0 bridgehead atoms. The lowest BCUT2D eigenvalue weighted by molar-refractivity contribution is -0.161. The molecule has 2 N–H and O–H groups in total. The molecule has 8 heteroatoms. The first kappa shape index (κ1) is 17.7. The second kappa shape index (κ2) is 9.60. The Bertz CT molecular complexity index is 307. The van der Waals surface area contributed by atoms with Crippen molar-refractivity contribution < 1.29 is 28.2 Å². The molecule has 0 aliphatic rings. The molecule has 0 amide bonds. The zero-order valence-electron chi connectivity index (χ0n) is 10.5. The maximum Gasteiger partial charge on any atom is 0.335 e. The fourth-order valence-electron chi connectivity index (χ4n) is 1.12. The van der Waals surface area contributed by atoms with Gasteiger partial charge in [-0.15, -0.1) is 0 Å². The van der Waals surface area contributed by atoms with Crippen LogP contribution >= 0.6 is 0 Å². The molecular weight excluding hydrogens is 280 g/mol. The molecule has 108 valence electrons. The average molecular weight is 300 g/mol. The molecule has 0 spiro atoms. The smallest absolute Gasteiger partial charge is 0.335 e. The third-order valence-electron chi connectivity index (χ3n) is 2.16. The van der Waals surface area contributed by atoms with Crippen LogP contribution in [0.1, 0.15) is 12.8 Å². The molecule has 0 aromatic heterocycles. The molecular formula is C10H20O6S2. The minimum Gasteiger partial charge on any atom is -0.458 e. The SMILES string of the molecule is CS(=O)CCC(CO)OC(=O)C(O)CCS(C)=O. The zero-order chi connectivity index (χ0) is 14.1. The molecule has 0 heterocycles. The summed E-state index contributed by atoms with van der Waals surface area (Å²) < 4.78 is 26.5. The van der Waals surface area contributed by atoms with Crippen LogP contribution in [-0.4, -0.2) is 67.4 Å². The Hall–Kier alpha value is -0.310. The molecule has 0 aromatic rings. The van der Waals surface area contributed by atoms with Gasteiger partial charge in [0.05, 0.1) is 6.61 Å². The van der Waals surface area contributed by atoms with E-state index in [2.05, 4.69) is 0 Å². The van der Waals surface area contributed by atoms with Crippen molar-refractivity contribution in [3.63, 3.8) is 0 Å². The van der Waals surface area contributed by atoms with Gasteiger partial charge in [-0.25, -0.2) is 4.79 Å². The lowest BCUT2D eigenvalue weighted by atomic mass is 10.2. The lowest BCUT2D eigenvalue weighted by Crippen LogP contribution is -2.31. The minimum absolute atomic E-state index is 0.0554. The summed E-state index contributed by atoms with van der Waals surface area (Å²) in [5, 5.41) is 18.4. The van der Waals surface area contributed by atoms with E-state index in [9.17, 15) is 18.3 Å². The number of hydrogen-bond donors (Lipinski definition) is 2. The summed E-state index contributed by atoms with van der Waals surface area (Å²) >= 11 is 0. The molecule has 0 aliphatic carbocycles. The zero-order valence-corrected chi connectivity index (χ0v) is 12.2. The van der Waals surface area contributed by atoms with E-state index in [1.165, 1.54) is 12.5 Å². The van der Waals surface area contributed by atoms with Crippen LogP contribution < -0.4 is 0 Å². The third kappa shape index (κ3) is 8.73. The van der Waals surface area contributed by atoms with Crippen molar-refractivity contribution >= 4 is 27.6 Å². The van der Waals surface area contributed by atoms with Crippen molar-refractivity contribution in [1.29, 1.82) is 0 Å². The Labute approximate surface area is 112 Å². The molecule has 4 atom stereocenters. The van der Waals surface area contributed by atoms with Gasteiger partial charge in [0.1, 0.15) is 6.10 Å². The first-order valence-corrected chi connectivity index (χ1v) is 8.91. The summed E-state index contributed by atoms with van der Waals surface area (Å²) in [7, 11) is -2.11. The molecule has 18 heavy (non-hydrogen) atoms. The van der Waals surface area contributed by atoms with Crippen molar-refractivity contribution in [3.05, 3.63) is 0 Å². The molecule has 0 aromatic carbocycles. The van der Waals surface area contributed by atoms with Gasteiger partial charge in [0.2, 0.25) is 0 Å². The Morgan fingerprint density at radius 1 is 1.17 bits per heavy atom. The number of rotatable bonds is 9.